The average molecular weight is 543 g/mol. The minimum Gasteiger partial charge on any atom is -0.416 e. The summed E-state index contributed by atoms with van der Waals surface area (Å²) in [6.07, 6.45) is 0. The summed E-state index contributed by atoms with van der Waals surface area (Å²) in [4.78, 5) is 28.6. The highest BCUT2D eigenvalue weighted by molar-refractivity contribution is 7.99. The Morgan fingerprint density at radius 1 is 0.914 bits per heavy atom. The first-order valence-corrected chi connectivity index (χ1v) is 15.8. The second kappa shape index (κ2) is 13.9. The molecule has 0 atom stereocenters. The number of aliphatic hydroxyl groups is 1. The highest BCUT2D eigenvalue weighted by Crippen LogP contribution is 2.36. The number of rotatable bonds is 10. The lowest BCUT2D eigenvalue weighted by Crippen LogP contribution is -2.41. The van der Waals surface area contributed by atoms with Crippen LogP contribution in [-0.2, 0) is 4.43 Å². The van der Waals surface area contributed by atoms with E-state index in [-0.39, 0.29) is 23.0 Å². The highest BCUT2D eigenvalue weighted by atomic mass is 32.2. The Morgan fingerprint density at radius 2 is 1.34 bits per heavy atom. The Kier molecular flexibility index (Phi) is 12.3. The molecule has 13 heteroatoms. The molecule has 1 N–H and O–H groups in total. The number of hydrogen-bond acceptors (Lipinski definition) is 10. The number of nitro groups is 2. The Morgan fingerprint density at radius 3 is 1.69 bits per heavy atom. The predicted molar refractivity (Wildman–Crippen MR) is 143 cm³/mol. The number of aromatic nitrogens is 2. The van der Waals surface area contributed by atoms with E-state index in [4.69, 9.17) is 9.53 Å². The lowest BCUT2D eigenvalue weighted by molar-refractivity contribution is -0.385. The Hall–Kier alpha value is -2.06. The van der Waals surface area contributed by atoms with Gasteiger partial charge in [-0.1, -0.05) is 20.8 Å². The maximum atomic E-state index is 10.7. The van der Waals surface area contributed by atoms with E-state index in [1.54, 1.807) is 37.7 Å². The van der Waals surface area contributed by atoms with Gasteiger partial charge in [-0.25, -0.2) is 9.97 Å². The zero-order valence-electron chi connectivity index (χ0n) is 21.2. The van der Waals surface area contributed by atoms with Gasteiger partial charge in [0, 0.05) is 30.2 Å². The average Bonchev–Trinajstić information content (AvgIpc) is 2.74. The summed E-state index contributed by atoms with van der Waals surface area (Å²) < 4.78 is 6.09. The molecule has 0 saturated heterocycles. The molecule has 0 aromatic carbocycles. The van der Waals surface area contributed by atoms with Crippen LogP contribution in [0.1, 0.15) is 32.2 Å². The molecule has 194 valence electrons. The van der Waals surface area contributed by atoms with Gasteiger partial charge in [0.25, 0.3) is 11.4 Å². The molecule has 0 saturated carbocycles. The highest BCUT2D eigenvalue weighted by Gasteiger charge is 2.36. The van der Waals surface area contributed by atoms with Gasteiger partial charge in [0.2, 0.25) is 0 Å². The van der Waals surface area contributed by atoms with E-state index in [1.807, 2.05) is 0 Å². The minimum absolute atomic E-state index is 0.0262. The molecule has 2 aromatic rings. The van der Waals surface area contributed by atoms with E-state index in [1.165, 1.54) is 23.9 Å². The van der Waals surface area contributed by atoms with Crippen molar-refractivity contribution in [1.82, 2.24) is 9.97 Å². The molecule has 2 rings (SSSR count). The first kappa shape index (κ1) is 31.0. The van der Waals surface area contributed by atoms with Crippen LogP contribution in [0.15, 0.2) is 34.3 Å². The number of nitrogens with zero attached hydrogens (tertiary/aromatic N) is 4. The van der Waals surface area contributed by atoms with Crippen LogP contribution in [0.4, 0.5) is 11.4 Å². The summed E-state index contributed by atoms with van der Waals surface area (Å²) in [5.41, 5.74) is 0.948. The van der Waals surface area contributed by atoms with Crippen LogP contribution in [0.2, 0.25) is 18.1 Å². The smallest absolute Gasteiger partial charge is 0.290 e. The summed E-state index contributed by atoms with van der Waals surface area (Å²) in [7, 11) is -1.70. The van der Waals surface area contributed by atoms with Crippen LogP contribution in [-0.4, -0.2) is 58.0 Å². The fraction of sp³-hybridized carbons (Fsp3) is 0.545. The van der Waals surface area contributed by atoms with Crippen molar-refractivity contribution < 1.29 is 19.4 Å². The maximum absolute atomic E-state index is 10.7. The van der Waals surface area contributed by atoms with Crippen LogP contribution in [0, 0.1) is 34.1 Å². The van der Waals surface area contributed by atoms with Gasteiger partial charge in [0.15, 0.2) is 8.32 Å². The molecule has 0 aliphatic carbocycles. The topological polar surface area (TPSA) is 142 Å². The van der Waals surface area contributed by atoms with E-state index >= 15 is 0 Å². The van der Waals surface area contributed by atoms with Gasteiger partial charge in [0.05, 0.1) is 26.5 Å². The first-order chi connectivity index (χ1) is 16.2. The van der Waals surface area contributed by atoms with Crippen molar-refractivity contribution >= 4 is 43.2 Å². The standard InChI is InChI=1S/C14H24N2O3SSi.C8H10N2O3S/c1-11-12(16(17)18)7-8-13(15-11)20-10-9-19-21(5,6)14(2,3)4;1-6-7(10(12)13)2-3-8(9-6)14-5-4-11/h7-8H,9-10H2,1-6H3;2-3,11H,4-5H2,1H3. The normalized spacial score (nSPS) is 11.5. The molecule has 0 unspecified atom stereocenters. The lowest BCUT2D eigenvalue weighted by Gasteiger charge is -2.36. The van der Waals surface area contributed by atoms with Crippen LogP contribution < -0.4 is 0 Å². The summed E-state index contributed by atoms with van der Waals surface area (Å²) in [5, 5.41) is 31.5. The Labute approximate surface area is 215 Å². The maximum Gasteiger partial charge on any atom is 0.290 e. The second-order valence-electron chi connectivity index (χ2n) is 9.05. The van der Waals surface area contributed by atoms with Crippen LogP contribution >= 0.6 is 23.5 Å². The molecule has 35 heavy (non-hydrogen) atoms. The molecule has 0 radical (unpaired) electrons. The molecular weight excluding hydrogens is 508 g/mol. The minimum atomic E-state index is -1.70. The third-order valence-corrected chi connectivity index (χ3v) is 11.7. The van der Waals surface area contributed by atoms with E-state index in [9.17, 15) is 20.2 Å². The van der Waals surface area contributed by atoms with Crippen molar-refractivity contribution in [3.8, 4) is 0 Å². The number of thioether (sulfide) groups is 2. The van der Waals surface area contributed by atoms with E-state index < -0.39 is 18.2 Å². The monoisotopic (exact) mass is 542 g/mol. The number of hydrogen-bond donors (Lipinski definition) is 1. The third-order valence-electron chi connectivity index (χ3n) is 5.40. The van der Waals surface area contributed by atoms with Crippen molar-refractivity contribution in [2.75, 3.05) is 24.7 Å². The van der Waals surface area contributed by atoms with Crippen LogP contribution in [0.5, 0.6) is 0 Å². The van der Waals surface area contributed by atoms with Crippen molar-refractivity contribution in [2.45, 2.75) is 62.8 Å². The Bertz CT molecular complexity index is 1020. The second-order valence-corrected chi connectivity index (χ2v) is 16.1. The summed E-state index contributed by atoms with van der Waals surface area (Å²) in [5.74, 6) is 1.35. The molecule has 2 heterocycles. The van der Waals surface area contributed by atoms with E-state index in [0.717, 1.165) is 10.8 Å². The molecule has 0 amide bonds. The molecule has 2 aromatic heterocycles. The van der Waals surface area contributed by atoms with Gasteiger partial charge in [-0.05, 0) is 44.1 Å². The zero-order valence-corrected chi connectivity index (χ0v) is 23.9. The third kappa shape index (κ3) is 10.2. The van der Waals surface area contributed by atoms with Crippen molar-refractivity contribution in [2.24, 2.45) is 0 Å². The largest absolute Gasteiger partial charge is 0.416 e. The SMILES string of the molecule is Cc1nc(SCCO)ccc1[N+](=O)[O-].Cc1nc(SCCO[Si](C)(C)C(C)(C)C)ccc1[N+](=O)[O-]. The van der Waals surface area contributed by atoms with Crippen molar-refractivity contribution in [3.63, 3.8) is 0 Å². The van der Waals surface area contributed by atoms with Gasteiger partial charge in [-0.15, -0.1) is 23.5 Å². The summed E-state index contributed by atoms with van der Waals surface area (Å²) in [6.45, 7) is 15.1. The zero-order chi connectivity index (χ0) is 26.8. The molecule has 0 bridgehead atoms. The van der Waals surface area contributed by atoms with E-state index in [0.29, 0.717) is 28.8 Å². The summed E-state index contributed by atoms with van der Waals surface area (Å²) >= 11 is 2.94. The van der Waals surface area contributed by atoms with Gasteiger partial charge in [0.1, 0.15) is 11.4 Å². The fourth-order valence-electron chi connectivity index (χ4n) is 2.42. The van der Waals surface area contributed by atoms with Gasteiger partial charge in [-0.3, -0.25) is 20.2 Å². The van der Waals surface area contributed by atoms with Crippen LogP contribution in [0.3, 0.4) is 0 Å². The fourth-order valence-corrected chi connectivity index (χ4v) is 5.02. The molecule has 0 aliphatic rings. The Balaban J connectivity index is 0.000000379. The number of aryl methyl sites for hydroxylation is 2. The molecule has 10 nitrogen and oxygen atoms in total. The predicted octanol–water partition coefficient (Wildman–Crippen LogP) is 5.79. The van der Waals surface area contributed by atoms with E-state index in [2.05, 4.69) is 43.8 Å². The molecule has 0 aliphatic heterocycles. The van der Waals surface area contributed by atoms with Gasteiger partial charge >= 0.3 is 0 Å². The number of aliphatic hydroxyl groups excluding tert-OH is 1. The molecule has 0 spiro atoms. The molecule has 0 fully saturated rings. The molecular formula is C22H34N4O6S2Si. The van der Waals surface area contributed by atoms with Crippen molar-refractivity contribution in [3.05, 3.63) is 55.9 Å². The quantitative estimate of drug-likeness (QED) is 0.129. The van der Waals surface area contributed by atoms with Gasteiger partial charge < -0.3 is 9.53 Å². The van der Waals surface area contributed by atoms with Crippen molar-refractivity contribution in [1.29, 1.82) is 0 Å². The number of pyridine rings is 2. The van der Waals surface area contributed by atoms with Gasteiger partial charge in [-0.2, -0.15) is 0 Å². The lowest BCUT2D eigenvalue weighted by atomic mass is 10.2. The summed E-state index contributed by atoms with van der Waals surface area (Å²) in [6, 6.07) is 6.23. The van der Waals surface area contributed by atoms with Crippen LogP contribution in [0.25, 0.3) is 0 Å². The first-order valence-electron chi connectivity index (χ1n) is 10.9.